The predicted molar refractivity (Wildman–Crippen MR) is 291 cm³/mol. The first-order valence-corrected chi connectivity index (χ1v) is 24.7. The molecule has 3 aliphatic carbocycles. The molecule has 0 bridgehead atoms. The highest BCUT2D eigenvalue weighted by Crippen LogP contribution is 2.56. The minimum atomic E-state index is -0.535. The largest absolute Gasteiger partial charge is 0.358 e. The molecule has 0 saturated heterocycles. The van der Waals surface area contributed by atoms with E-state index in [9.17, 15) is 0 Å². The number of rotatable bonds is 8. The summed E-state index contributed by atoms with van der Waals surface area (Å²) < 4.78 is 0. The van der Waals surface area contributed by atoms with Crippen molar-refractivity contribution in [3.8, 4) is 11.1 Å². The summed E-state index contributed by atoms with van der Waals surface area (Å²) in [6.07, 6.45) is 21.9. The number of para-hydroxylation sites is 1. The molecule has 5 aliphatic rings. The summed E-state index contributed by atoms with van der Waals surface area (Å²) in [6.45, 7) is 11.9. The minimum absolute atomic E-state index is 0.0588. The van der Waals surface area contributed by atoms with Crippen molar-refractivity contribution in [1.29, 1.82) is 0 Å². The van der Waals surface area contributed by atoms with Gasteiger partial charge in [-0.2, -0.15) is 0 Å². The van der Waals surface area contributed by atoms with E-state index in [1.54, 1.807) is 5.57 Å². The molecule has 1 atom stereocenters. The summed E-state index contributed by atoms with van der Waals surface area (Å²) in [7, 11) is 3.11. The zero-order valence-corrected chi connectivity index (χ0v) is 40.1. The number of fused-ring (bicyclic) bond motifs is 2. The molecule has 0 aromatic heterocycles. The second-order valence-electron chi connectivity index (χ2n) is 19.7. The van der Waals surface area contributed by atoms with Crippen LogP contribution in [-0.2, 0) is 5.41 Å². The maximum absolute atomic E-state index is 4.22. The van der Waals surface area contributed by atoms with E-state index in [2.05, 4.69) is 229 Å². The lowest BCUT2D eigenvalue weighted by Crippen LogP contribution is -2.42. The highest BCUT2D eigenvalue weighted by atomic mass is 15.2. The van der Waals surface area contributed by atoms with Crippen LogP contribution in [0.25, 0.3) is 16.7 Å². The number of hydrogen-bond donors (Lipinski definition) is 1. The number of benzene rings is 6. The molecule has 2 nitrogen and oxygen atoms in total. The standard InChI is InChI=1S/C63H60B2N2/c1-40(2)48-29-17-18-31-50(48)60-43(5)67(57-37-36-47(64)38-53(57)44-23-9-6-10-24-44)58-39-52(49-30-16-15-22-41(49)3)42(4)59(61(58)65-60)51-32-21-34-55-62(51)66-56-35-20-19-33-54(56)63(55,45-25-11-7-12-26-45)46-27-13-8-14-28-46/h6-9,11-16,18-23,25-28,30-31,33-40,51,65-66H,10,17,24,29,32,64H2,1-5H3. The summed E-state index contributed by atoms with van der Waals surface area (Å²) >= 11 is 0. The highest BCUT2D eigenvalue weighted by Gasteiger charge is 2.47. The Morgan fingerprint density at radius 2 is 1.42 bits per heavy atom. The molecular formula is C63H60B2N2. The van der Waals surface area contributed by atoms with E-state index < -0.39 is 5.41 Å². The van der Waals surface area contributed by atoms with Crippen molar-refractivity contribution in [2.45, 2.75) is 78.1 Å². The van der Waals surface area contributed by atoms with Gasteiger partial charge < -0.3 is 10.2 Å². The monoisotopic (exact) mass is 866 g/mol. The minimum Gasteiger partial charge on any atom is -0.358 e. The van der Waals surface area contributed by atoms with Gasteiger partial charge in [-0.25, -0.2) is 0 Å². The van der Waals surface area contributed by atoms with Crippen LogP contribution in [0.2, 0.25) is 0 Å². The Morgan fingerprint density at radius 3 is 2.15 bits per heavy atom. The summed E-state index contributed by atoms with van der Waals surface area (Å²) in [4.78, 5) is 2.69. The molecule has 11 rings (SSSR count). The Balaban J connectivity index is 1.25. The number of aryl methyl sites for hydroxylation is 1. The van der Waals surface area contributed by atoms with Crippen LogP contribution in [0.4, 0.5) is 17.1 Å². The fraction of sp³-hybridized carbons (Fsp3) is 0.206. The summed E-state index contributed by atoms with van der Waals surface area (Å²) in [5, 5.41) is 4.22. The van der Waals surface area contributed by atoms with E-state index in [1.807, 2.05) is 0 Å². The van der Waals surface area contributed by atoms with Crippen LogP contribution in [0.15, 0.2) is 210 Å². The van der Waals surface area contributed by atoms with Gasteiger partial charge >= 0.3 is 0 Å². The van der Waals surface area contributed by atoms with Gasteiger partial charge in [-0.3, -0.25) is 0 Å². The molecule has 67 heavy (non-hydrogen) atoms. The Hall–Kier alpha value is -6.77. The molecule has 0 amide bonds. The predicted octanol–water partition coefficient (Wildman–Crippen LogP) is 13.5. The van der Waals surface area contributed by atoms with Crippen molar-refractivity contribution in [3.63, 3.8) is 0 Å². The van der Waals surface area contributed by atoms with Gasteiger partial charge in [0.25, 0.3) is 0 Å². The number of hydrogen-bond acceptors (Lipinski definition) is 2. The van der Waals surface area contributed by atoms with Crippen molar-refractivity contribution in [2.75, 3.05) is 10.2 Å². The number of nitrogens with zero attached hydrogens (tertiary/aromatic N) is 1. The molecule has 6 aromatic carbocycles. The molecular weight excluding hydrogens is 806 g/mol. The molecule has 1 unspecified atom stereocenters. The first kappa shape index (κ1) is 42.8. The zero-order valence-electron chi connectivity index (χ0n) is 40.1. The molecule has 328 valence electrons. The quantitative estimate of drug-likeness (QED) is 0.153. The first-order chi connectivity index (χ1) is 32.8. The van der Waals surface area contributed by atoms with Gasteiger partial charge in [0.2, 0.25) is 0 Å². The normalized spacial score (nSPS) is 18.3. The topological polar surface area (TPSA) is 15.3 Å². The van der Waals surface area contributed by atoms with E-state index in [4.69, 9.17) is 0 Å². The summed E-state index contributed by atoms with van der Waals surface area (Å²) in [6, 6.07) is 50.4. The van der Waals surface area contributed by atoms with Crippen LogP contribution in [0.3, 0.4) is 0 Å². The number of nitrogens with one attached hydrogen (secondary N) is 1. The third-order valence-corrected chi connectivity index (χ3v) is 15.6. The molecule has 0 radical (unpaired) electrons. The van der Waals surface area contributed by atoms with Crippen LogP contribution in [0, 0.1) is 19.8 Å². The van der Waals surface area contributed by atoms with Crippen molar-refractivity contribution < 1.29 is 0 Å². The maximum Gasteiger partial charge on any atom is 0.198 e. The van der Waals surface area contributed by atoms with Gasteiger partial charge in [-0.05, 0) is 138 Å². The fourth-order valence-electron chi connectivity index (χ4n) is 12.4. The van der Waals surface area contributed by atoms with Crippen molar-refractivity contribution in [1.82, 2.24) is 0 Å². The van der Waals surface area contributed by atoms with Crippen LogP contribution in [0.5, 0.6) is 0 Å². The third-order valence-electron chi connectivity index (χ3n) is 15.6. The summed E-state index contributed by atoms with van der Waals surface area (Å²) in [5.74, 6) is 0.518. The Bertz CT molecular complexity index is 3130. The lowest BCUT2D eigenvalue weighted by atomic mass is 9.52. The smallest absolute Gasteiger partial charge is 0.198 e. The van der Waals surface area contributed by atoms with Crippen molar-refractivity contribution >= 4 is 48.7 Å². The average molecular weight is 867 g/mol. The van der Waals surface area contributed by atoms with Crippen LogP contribution < -0.4 is 21.1 Å². The Morgan fingerprint density at radius 1 is 0.701 bits per heavy atom. The van der Waals surface area contributed by atoms with Gasteiger partial charge in [-0.1, -0.05) is 194 Å². The van der Waals surface area contributed by atoms with Gasteiger partial charge in [0.15, 0.2) is 7.28 Å². The first-order valence-electron chi connectivity index (χ1n) is 24.7. The number of allylic oxidation sites excluding steroid dienone is 14. The van der Waals surface area contributed by atoms with Crippen molar-refractivity contribution in [3.05, 3.63) is 249 Å². The second-order valence-corrected chi connectivity index (χ2v) is 19.7. The van der Waals surface area contributed by atoms with Crippen LogP contribution >= 0.6 is 0 Å². The van der Waals surface area contributed by atoms with Crippen LogP contribution in [-0.4, -0.2) is 15.1 Å². The van der Waals surface area contributed by atoms with Crippen molar-refractivity contribution in [2.24, 2.45) is 5.92 Å². The van der Waals surface area contributed by atoms with E-state index >= 15 is 0 Å². The van der Waals surface area contributed by atoms with Gasteiger partial charge in [0.1, 0.15) is 7.85 Å². The zero-order chi connectivity index (χ0) is 45.8. The molecule has 6 aromatic rings. The average Bonchev–Trinajstić information content (AvgIpc) is 3.36. The molecule has 0 saturated carbocycles. The third kappa shape index (κ3) is 7.11. The molecule has 1 N–H and O–H groups in total. The van der Waals surface area contributed by atoms with Gasteiger partial charge in [-0.15, -0.1) is 0 Å². The van der Waals surface area contributed by atoms with E-state index in [-0.39, 0.29) is 5.92 Å². The van der Waals surface area contributed by atoms with Crippen LogP contribution in [0.1, 0.15) is 97.7 Å². The molecule has 2 heterocycles. The Kier molecular flexibility index (Phi) is 11.2. The molecule has 0 spiro atoms. The van der Waals surface area contributed by atoms with E-state index in [1.165, 1.54) is 112 Å². The molecule has 0 fully saturated rings. The lowest BCUT2D eigenvalue weighted by molar-refractivity contribution is 0.675. The maximum atomic E-state index is 4.22. The molecule has 2 aliphatic heterocycles. The van der Waals surface area contributed by atoms with Gasteiger partial charge in [0.05, 0.1) is 11.1 Å². The molecule has 4 heteroatoms. The van der Waals surface area contributed by atoms with Gasteiger partial charge in [0, 0.05) is 34.3 Å². The number of anilines is 3. The lowest BCUT2D eigenvalue weighted by Gasteiger charge is -2.47. The Labute approximate surface area is 400 Å². The van der Waals surface area contributed by atoms with E-state index in [0.29, 0.717) is 5.92 Å². The fourth-order valence-corrected chi connectivity index (χ4v) is 12.4. The highest BCUT2D eigenvalue weighted by molar-refractivity contribution is 6.66. The second kappa shape index (κ2) is 17.5. The summed E-state index contributed by atoms with van der Waals surface area (Å²) in [5.41, 5.74) is 27.7. The SMILES string of the molecule is Bc1ccc(N2C(C)=C(C3=C(C(C)C)CCC=C3)Bc3c2cc(-c2ccccc2C)c(C)c3C2CC=CC3=C2Nc2ccccc2C3(c2ccccc2)c2ccccc2)c(C2=CC=CCC2)c1. The van der Waals surface area contributed by atoms with E-state index in [0.717, 1.165) is 39.4 Å².